The quantitative estimate of drug-likeness (QED) is 0.848. The number of rotatable bonds is 6. The molecule has 0 amide bonds. The topological polar surface area (TPSA) is 42.4 Å². The molecule has 1 aromatic carbocycles. The number of aromatic nitrogens is 1. The molecular weight excluding hydrogens is 226 g/mol. The minimum Gasteiger partial charge on any atom is -0.487 e. The minimum absolute atomic E-state index is 0.175. The minimum atomic E-state index is 0.175. The fraction of sp³-hybridized carbons (Fsp3) is 0.267. The maximum absolute atomic E-state index is 8.86. The molecule has 1 aromatic heterocycles. The summed E-state index contributed by atoms with van der Waals surface area (Å²) in [6.07, 6.45) is 3.20. The first-order valence-electron chi connectivity index (χ1n) is 6.11. The maximum atomic E-state index is 8.86. The molecule has 1 N–H and O–H groups in total. The zero-order valence-corrected chi connectivity index (χ0v) is 10.2. The fourth-order valence-corrected chi connectivity index (χ4v) is 1.72. The lowest BCUT2D eigenvalue weighted by Crippen LogP contribution is -2.01. The summed E-state index contributed by atoms with van der Waals surface area (Å²) >= 11 is 0. The first-order chi connectivity index (χ1) is 8.90. The number of pyridine rings is 1. The van der Waals surface area contributed by atoms with E-state index in [0.29, 0.717) is 13.0 Å². The van der Waals surface area contributed by atoms with Crippen LogP contribution in [0, 0.1) is 0 Å². The van der Waals surface area contributed by atoms with E-state index in [0.717, 1.165) is 23.4 Å². The smallest absolute Gasteiger partial charge is 0.141 e. The fourth-order valence-electron chi connectivity index (χ4n) is 1.72. The van der Waals surface area contributed by atoms with Crippen LogP contribution in [0.4, 0.5) is 0 Å². The van der Waals surface area contributed by atoms with Crippen molar-refractivity contribution in [3.8, 4) is 5.75 Å². The number of hydrogen-bond donors (Lipinski definition) is 1. The number of aliphatic hydroxyl groups excluding tert-OH is 1. The molecule has 0 fully saturated rings. The Bertz CT molecular complexity index is 471. The third-order valence-corrected chi connectivity index (χ3v) is 2.66. The summed E-state index contributed by atoms with van der Waals surface area (Å²) in [4.78, 5) is 4.29. The highest BCUT2D eigenvalue weighted by molar-refractivity contribution is 5.27. The van der Waals surface area contributed by atoms with E-state index in [1.54, 1.807) is 6.20 Å². The summed E-state index contributed by atoms with van der Waals surface area (Å²) in [7, 11) is 0. The van der Waals surface area contributed by atoms with Crippen molar-refractivity contribution in [2.75, 3.05) is 6.61 Å². The van der Waals surface area contributed by atoms with Gasteiger partial charge in [0.05, 0.1) is 5.69 Å². The van der Waals surface area contributed by atoms with Crippen LogP contribution in [-0.2, 0) is 13.0 Å². The number of benzene rings is 1. The Balaban J connectivity index is 2.00. The van der Waals surface area contributed by atoms with Crippen molar-refractivity contribution in [3.63, 3.8) is 0 Å². The highest BCUT2D eigenvalue weighted by Gasteiger charge is 2.04. The van der Waals surface area contributed by atoms with Gasteiger partial charge in [0.15, 0.2) is 0 Å². The normalized spacial score (nSPS) is 10.3. The number of aliphatic hydroxyl groups is 1. The van der Waals surface area contributed by atoms with E-state index in [4.69, 9.17) is 9.84 Å². The Morgan fingerprint density at radius 3 is 2.67 bits per heavy atom. The second-order valence-electron chi connectivity index (χ2n) is 4.05. The van der Waals surface area contributed by atoms with Gasteiger partial charge in [-0.2, -0.15) is 0 Å². The molecule has 0 radical (unpaired) electrons. The van der Waals surface area contributed by atoms with Gasteiger partial charge in [0.25, 0.3) is 0 Å². The highest BCUT2D eigenvalue weighted by atomic mass is 16.5. The molecule has 94 valence electrons. The molecule has 0 unspecified atom stereocenters. The lowest BCUT2D eigenvalue weighted by atomic mass is 10.2. The third kappa shape index (κ3) is 3.57. The molecule has 3 nitrogen and oxygen atoms in total. The molecule has 0 saturated heterocycles. The zero-order chi connectivity index (χ0) is 12.6. The van der Waals surface area contributed by atoms with Crippen molar-refractivity contribution in [2.45, 2.75) is 19.4 Å². The van der Waals surface area contributed by atoms with Crippen molar-refractivity contribution >= 4 is 0 Å². The number of aryl methyl sites for hydroxylation is 1. The molecular formula is C15H17NO2. The van der Waals surface area contributed by atoms with Gasteiger partial charge >= 0.3 is 0 Å². The Labute approximate surface area is 107 Å². The molecule has 1 heterocycles. The van der Waals surface area contributed by atoms with E-state index in [1.807, 2.05) is 42.5 Å². The van der Waals surface area contributed by atoms with Crippen molar-refractivity contribution in [3.05, 3.63) is 59.9 Å². The molecule has 0 spiro atoms. The number of hydrogen-bond acceptors (Lipinski definition) is 3. The molecule has 0 saturated carbocycles. The SMILES string of the molecule is OCCCc1ncccc1OCc1ccccc1. The Hall–Kier alpha value is -1.87. The molecule has 3 heteroatoms. The van der Waals surface area contributed by atoms with E-state index >= 15 is 0 Å². The van der Waals surface area contributed by atoms with Crippen LogP contribution in [0.5, 0.6) is 5.75 Å². The molecule has 0 aliphatic rings. The van der Waals surface area contributed by atoms with E-state index < -0.39 is 0 Å². The first kappa shape index (κ1) is 12.6. The summed E-state index contributed by atoms with van der Waals surface area (Å²) in [5.74, 6) is 0.801. The van der Waals surface area contributed by atoms with Crippen LogP contribution in [0.15, 0.2) is 48.7 Å². The van der Waals surface area contributed by atoms with Gasteiger partial charge in [0, 0.05) is 12.8 Å². The van der Waals surface area contributed by atoms with Gasteiger partial charge in [-0.15, -0.1) is 0 Å². The molecule has 0 aliphatic heterocycles. The predicted molar refractivity (Wildman–Crippen MR) is 70.4 cm³/mol. The van der Waals surface area contributed by atoms with E-state index in [1.165, 1.54) is 0 Å². The standard InChI is InChI=1S/C15H17NO2/c17-11-5-8-14-15(9-4-10-16-14)18-12-13-6-2-1-3-7-13/h1-4,6-7,9-10,17H,5,8,11-12H2. The van der Waals surface area contributed by atoms with Crippen LogP contribution in [0.2, 0.25) is 0 Å². The third-order valence-electron chi connectivity index (χ3n) is 2.66. The maximum Gasteiger partial charge on any atom is 0.141 e. The average Bonchev–Trinajstić information content (AvgIpc) is 2.45. The van der Waals surface area contributed by atoms with Crippen LogP contribution in [0.25, 0.3) is 0 Å². The first-order valence-corrected chi connectivity index (χ1v) is 6.11. The summed E-state index contributed by atoms with van der Waals surface area (Å²) in [6.45, 7) is 0.716. The van der Waals surface area contributed by atoms with Crippen molar-refractivity contribution < 1.29 is 9.84 Å². The second kappa shape index (κ2) is 6.77. The number of ether oxygens (including phenoxy) is 1. The van der Waals surface area contributed by atoms with Crippen molar-refractivity contribution in [1.29, 1.82) is 0 Å². The Morgan fingerprint density at radius 1 is 1.06 bits per heavy atom. The number of nitrogens with zero attached hydrogens (tertiary/aromatic N) is 1. The molecule has 0 bridgehead atoms. The van der Waals surface area contributed by atoms with Gasteiger partial charge in [-0.3, -0.25) is 4.98 Å². The summed E-state index contributed by atoms with van der Waals surface area (Å²) in [5.41, 5.74) is 2.04. The van der Waals surface area contributed by atoms with E-state index in [2.05, 4.69) is 4.98 Å². The predicted octanol–water partition coefficient (Wildman–Crippen LogP) is 2.59. The van der Waals surface area contributed by atoms with Gasteiger partial charge in [0.2, 0.25) is 0 Å². The van der Waals surface area contributed by atoms with Crippen molar-refractivity contribution in [2.24, 2.45) is 0 Å². The molecule has 2 rings (SSSR count). The van der Waals surface area contributed by atoms with Gasteiger partial charge in [0.1, 0.15) is 12.4 Å². The lowest BCUT2D eigenvalue weighted by Gasteiger charge is -2.10. The lowest BCUT2D eigenvalue weighted by molar-refractivity contribution is 0.282. The molecule has 2 aromatic rings. The van der Waals surface area contributed by atoms with Crippen LogP contribution >= 0.6 is 0 Å². The van der Waals surface area contributed by atoms with Crippen LogP contribution < -0.4 is 4.74 Å². The van der Waals surface area contributed by atoms with Crippen LogP contribution in [0.1, 0.15) is 17.7 Å². The zero-order valence-electron chi connectivity index (χ0n) is 10.2. The van der Waals surface area contributed by atoms with Crippen LogP contribution in [0.3, 0.4) is 0 Å². The summed E-state index contributed by atoms with van der Waals surface area (Å²) in [6, 6.07) is 13.8. The van der Waals surface area contributed by atoms with Gasteiger partial charge in [-0.05, 0) is 30.5 Å². The van der Waals surface area contributed by atoms with E-state index in [9.17, 15) is 0 Å². The van der Waals surface area contributed by atoms with E-state index in [-0.39, 0.29) is 6.61 Å². The highest BCUT2D eigenvalue weighted by Crippen LogP contribution is 2.18. The van der Waals surface area contributed by atoms with Gasteiger partial charge < -0.3 is 9.84 Å². The van der Waals surface area contributed by atoms with Gasteiger partial charge in [-0.25, -0.2) is 0 Å². The second-order valence-corrected chi connectivity index (χ2v) is 4.05. The Morgan fingerprint density at radius 2 is 1.89 bits per heavy atom. The largest absolute Gasteiger partial charge is 0.487 e. The van der Waals surface area contributed by atoms with Crippen molar-refractivity contribution in [1.82, 2.24) is 4.98 Å². The van der Waals surface area contributed by atoms with Crippen LogP contribution in [-0.4, -0.2) is 16.7 Å². The summed E-state index contributed by atoms with van der Waals surface area (Å²) < 4.78 is 5.78. The molecule has 0 atom stereocenters. The molecule has 18 heavy (non-hydrogen) atoms. The average molecular weight is 243 g/mol. The monoisotopic (exact) mass is 243 g/mol. The molecule has 0 aliphatic carbocycles. The Kier molecular flexibility index (Phi) is 4.73. The summed E-state index contributed by atoms with van der Waals surface area (Å²) in [5, 5.41) is 8.86. The van der Waals surface area contributed by atoms with Gasteiger partial charge in [-0.1, -0.05) is 30.3 Å².